The van der Waals surface area contributed by atoms with Crippen molar-refractivity contribution in [2.45, 2.75) is 73.6 Å². The Morgan fingerprint density at radius 1 is 0.766 bits per heavy atom. The molecule has 0 spiro atoms. The van der Waals surface area contributed by atoms with Crippen molar-refractivity contribution in [1.29, 1.82) is 0 Å². The van der Waals surface area contributed by atoms with Crippen molar-refractivity contribution in [3.63, 3.8) is 0 Å². The van der Waals surface area contributed by atoms with Gasteiger partial charge in [-0.1, -0.05) is 183 Å². The first-order valence-corrected chi connectivity index (χ1v) is 22.9. The number of nitrogens with zero attached hydrogens (tertiary/aromatic N) is 2. The first-order valence-electron chi connectivity index (χ1n) is 22.9. The van der Waals surface area contributed by atoms with Gasteiger partial charge in [0.25, 0.3) is 0 Å². The zero-order valence-electron chi connectivity index (χ0n) is 39.3. The molecular formula is C61H65N3. The summed E-state index contributed by atoms with van der Waals surface area (Å²) in [4.78, 5) is 0. The Labute approximate surface area is 382 Å². The molecule has 0 fully saturated rings. The molecule has 2 heterocycles. The van der Waals surface area contributed by atoms with Crippen LogP contribution >= 0.6 is 0 Å². The molecule has 64 heavy (non-hydrogen) atoms. The Morgan fingerprint density at radius 3 is 2.19 bits per heavy atom. The lowest BCUT2D eigenvalue weighted by Crippen LogP contribution is -2.12. The highest BCUT2D eigenvalue weighted by Crippen LogP contribution is 2.41. The molecule has 4 aromatic carbocycles. The van der Waals surface area contributed by atoms with Gasteiger partial charge in [-0.3, -0.25) is 0 Å². The van der Waals surface area contributed by atoms with Gasteiger partial charge in [-0.2, -0.15) is 0 Å². The normalized spacial score (nSPS) is 14.0. The topological polar surface area (TPSA) is 21.9 Å². The summed E-state index contributed by atoms with van der Waals surface area (Å²) in [5.41, 5.74) is 19.7. The SMILES string of the molecule is C=CC(/C=C\C(=C/CNC1=C=CC=C1)C1=CC=C(n2c(C=C)c(C=C)c3cc(-n4c5ccccc5c5cc(-c6ccccc6C(C)(C)C)ccc54)ccc32)CC1)=C\C=C/C.CC.CC. The third-order valence-corrected chi connectivity index (χ3v) is 11.6. The number of allylic oxidation sites excluding steroid dienone is 14. The van der Waals surface area contributed by atoms with E-state index >= 15 is 0 Å². The quantitative estimate of drug-likeness (QED) is 0.0908. The van der Waals surface area contributed by atoms with Crippen molar-refractivity contribution in [3.8, 4) is 16.8 Å². The largest absolute Gasteiger partial charge is 0.375 e. The molecule has 0 unspecified atom stereocenters. The minimum atomic E-state index is 0.0299. The van der Waals surface area contributed by atoms with Crippen molar-refractivity contribution in [1.82, 2.24) is 14.5 Å². The maximum absolute atomic E-state index is 4.31. The maximum Gasteiger partial charge on any atom is 0.0776 e. The van der Waals surface area contributed by atoms with Gasteiger partial charge >= 0.3 is 0 Å². The van der Waals surface area contributed by atoms with Gasteiger partial charge in [-0.25, -0.2) is 0 Å². The summed E-state index contributed by atoms with van der Waals surface area (Å²) >= 11 is 0. The van der Waals surface area contributed by atoms with Gasteiger partial charge in [0.15, 0.2) is 0 Å². The van der Waals surface area contributed by atoms with Crippen LogP contribution in [0.1, 0.15) is 85.1 Å². The number of aromatic nitrogens is 2. The zero-order valence-corrected chi connectivity index (χ0v) is 39.3. The van der Waals surface area contributed by atoms with Crippen LogP contribution in [-0.2, 0) is 5.41 Å². The molecule has 0 amide bonds. The number of benzene rings is 4. The lowest BCUT2D eigenvalue weighted by atomic mass is 9.82. The van der Waals surface area contributed by atoms with Crippen LogP contribution in [-0.4, -0.2) is 15.7 Å². The number of nitrogens with one attached hydrogen (secondary N) is 1. The minimum absolute atomic E-state index is 0.0299. The molecule has 0 aliphatic heterocycles. The Hall–Kier alpha value is -7.06. The van der Waals surface area contributed by atoms with Crippen LogP contribution in [0.15, 0.2) is 206 Å². The zero-order chi connectivity index (χ0) is 45.8. The Bertz CT molecular complexity index is 2990. The van der Waals surface area contributed by atoms with Crippen LogP contribution in [0.2, 0.25) is 0 Å². The van der Waals surface area contributed by atoms with Crippen molar-refractivity contribution < 1.29 is 0 Å². The molecule has 0 saturated carbocycles. The van der Waals surface area contributed by atoms with E-state index in [0.29, 0.717) is 6.54 Å². The van der Waals surface area contributed by atoms with Crippen LogP contribution < -0.4 is 5.32 Å². The number of fused-ring (bicyclic) bond motifs is 4. The second-order valence-corrected chi connectivity index (χ2v) is 16.3. The molecule has 0 radical (unpaired) electrons. The van der Waals surface area contributed by atoms with Gasteiger partial charge in [-0.05, 0) is 119 Å². The van der Waals surface area contributed by atoms with Crippen LogP contribution in [0.5, 0.6) is 0 Å². The van der Waals surface area contributed by atoms with E-state index in [1.807, 2.05) is 83.2 Å². The van der Waals surface area contributed by atoms with Crippen molar-refractivity contribution >= 4 is 50.6 Å². The van der Waals surface area contributed by atoms with E-state index in [1.54, 1.807) is 0 Å². The van der Waals surface area contributed by atoms with Gasteiger partial charge in [-0.15, -0.1) is 0 Å². The number of hydrogen-bond donors (Lipinski definition) is 1. The third-order valence-electron chi connectivity index (χ3n) is 11.6. The smallest absolute Gasteiger partial charge is 0.0776 e. The lowest BCUT2D eigenvalue weighted by molar-refractivity contribution is 0.592. The molecular weight excluding hydrogens is 775 g/mol. The molecule has 1 N–H and O–H groups in total. The summed E-state index contributed by atoms with van der Waals surface area (Å²) in [6, 6.07) is 31.4. The van der Waals surface area contributed by atoms with Gasteiger partial charge < -0.3 is 14.5 Å². The van der Waals surface area contributed by atoms with Gasteiger partial charge in [0.05, 0.1) is 27.9 Å². The standard InChI is InChI=1S/C57H53N3.2C2H6/c1-8-12-19-40(9-2)26-27-42(36-37-58-44-20-13-14-21-44)41-28-31-45(32-29-41)59-53(11-4)47(10-3)51-39-46(33-35-56(51)59)60-54-25-18-16-23-49(54)50-38-43(30-34-55(50)60)48-22-15-17-24-52(48)57(5,6)7;2*1-2/h8-20,22-28,30-31,33-36,38-39,58H,2-4,29,32,37H2,1,5-7H3;2*1-2H3/b12-8-,27-26-,40-19+,42-36+;;. The highest BCUT2D eigenvalue weighted by Gasteiger charge is 2.22. The van der Waals surface area contributed by atoms with E-state index in [0.717, 1.165) is 52.0 Å². The van der Waals surface area contributed by atoms with E-state index in [1.165, 1.54) is 55.3 Å². The Balaban J connectivity index is 0.00000165. The first-order chi connectivity index (χ1) is 31.2. The average Bonchev–Trinajstić information content (AvgIpc) is 4.06. The van der Waals surface area contributed by atoms with Gasteiger partial charge in [0.1, 0.15) is 0 Å². The molecule has 2 aliphatic carbocycles. The molecule has 6 aromatic rings. The Kier molecular flexibility index (Phi) is 15.5. The molecule has 2 aliphatic rings. The molecule has 3 heteroatoms. The lowest BCUT2D eigenvalue weighted by Gasteiger charge is -2.23. The molecule has 0 bridgehead atoms. The minimum Gasteiger partial charge on any atom is -0.375 e. The highest BCUT2D eigenvalue weighted by molar-refractivity contribution is 6.11. The van der Waals surface area contributed by atoms with Gasteiger partial charge in [0.2, 0.25) is 0 Å². The molecule has 3 nitrogen and oxygen atoms in total. The fraction of sp³-hybridized carbons (Fsp3) is 0.197. The summed E-state index contributed by atoms with van der Waals surface area (Å²) in [6.45, 7) is 30.2. The van der Waals surface area contributed by atoms with Crippen molar-refractivity contribution in [3.05, 3.63) is 223 Å². The summed E-state index contributed by atoms with van der Waals surface area (Å²) in [5, 5.41) is 7.11. The molecule has 0 saturated heterocycles. The van der Waals surface area contributed by atoms with Crippen molar-refractivity contribution in [2.75, 3.05) is 6.54 Å². The Morgan fingerprint density at radius 2 is 1.50 bits per heavy atom. The summed E-state index contributed by atoms with van der Waals surface area (Å²) in [7, 11) is 0. The monoisotopic (exact) mass is 840 g/mol. The summed E-state index contributed by atoms with van der Waals surface area (Å²) in [5.74, 6) is 0. The molecule has 0 atom stereocenters. The predicted octanol–water partition coefficient (Wildman–Crippen LogP) is 17.0. The number of hydrogen-bond acceptors (Lipinski definition) is 1. The molecule has 8 rings (SSSR count). The maximum atomic E-state index is 4.31. The second kappa shape index (κ2) is 21.3. The van der Waals surface area contributed by atoms with Crippen molar-refractivity contribution in [2.24, 2.45) is 0 Å². The fourth-order valence-electron chi connectivity index (χ4n) is 8.65. The van der Waals surface area contributed by atoms with E-state index in [-0.39, 0.29) is 5.41 Å². The third kappa shape index (κ3) is 9.61. The van der Waals surface area contributed by atoms with E-state index in [2.05, 4.69) is 182 Å². The van der Waals surface area contributed by atoms with Crippen LogP contribution in [0.25, 0.3) is 67.4 Å². The second-order valence-electron chi connectivity index (χ2n) is 16.3. The first kappa shape index (κ1) is 46.4. The molecule has 2 aromatic heterocycles. The van der Waals surface area contributed by atoms with Crippen LogP contribution in [0.3, 0.4) is 0 Å². The predicted molar refractivity (Wildman–Crippen MR) is 284 cm³/mol. The van der Waals surface area contributed by atoms with E-state index in [4.69, 9.17) is 0 Å². The highest BCUT2D eigenvalue weighted by atomic mass is 15.0. The van der Waals surface area contributed by atoms with Crippen LogP contribution in [0.4, 0.5) is 0 Å². The van der Waals surface area contributed by atoms with E-state index < -0.39 is 0 Å². The number of para-hydroxylation sites is 1. The molecule has 324 valence electrons. The number of rotatable bonds is 13. The fourth-order valence-corrected chi connectivity index (χ4v) is 8.65. The average molecular weight is 840 g/mol. The van der Waals surface area contributed by atoms with Crippen LogP contribution in [0, 0.1) is 0 Å². The summed E-state index contributed by atoms with van der Waals surface area (Å²) < 4.78 is 4.79. The van der Waals surface area contributed by atoms with Gasteiger partial charge in [0, 0.05) is 39.7 Å². The summed E-state index contributed by atoms with van der Waals surface area (Å²) in [6.07, 6.45) is 30.9. The van der Waals surface area contributed by atoms with E-state index in [9.17, 15) is 0 Å².